The molecule has 2 aromatic carbocycles. The van der Waals surface area contributed by atoms with E-state index in [4.69, 9.17) is 9.47 Å². The lowest BCUT2D eigenvalue weighted by molar-refractivity contribution is 0.0156. The van der Waals surface area contributed by atoms with Crippen molar-refractivity contribution in [3.8, 4) is 5.75 Å². The van der Waals surface area contributed by atoms with Crippen molar-refractivity contribution in [1.82, 2.24) is 4.90 Å². The van der Waals surface area contributed by atoms with E-state index in [1.807, 2.05) is 62.1 Å². The van der Waals surface area contributed by atoms with Gasteiger partial charge in [0.1, 0.15) is 11.4 Å². The van der Waals surface area contributed by atoms with Gasteiger partial charge in [0, 0.05) is 12.2 Å². The van der Waals surface area contributed by atoms with Gasteiger partial charge < -0.3 is 14.8 Å². The first-order chi connectivity index (χ1) is 12.9. The smallest absolute Gasteiger partial charge is 0.410 e. The molecule has 1 N–H and O–H groups in total. The first-order valence-corrected chi connectivity index (χ1v) is 9.30. The van der Waals surface area contributed by atoms with E-state index in [9.17, 15) is 4.79 Å². The quantitative estimate of drug-likeness (QED) is 0.868. The Bertz CT molecular complexity index is 798. The Morgan fingerprint density at radius 3 is 2.70 bits per heavy atom. The summed E-state index contributed by atoms with van der Waals surface area (Å²) >= 11 is 0. The molecule has 0 aromatic heterocycles. The van der Waals surface area contributed by atoms with Crippen LogP contribution in [0.25, 0.3) is 0 Å². The number of ether oxygens (including phenoxy) is 2. The van der Waals surface area contributed by atoms with Gasteiger partial charge in [0.25, 0.3) is 0 Å². The zero-order valence-corrected chi connectivity index (χ0v) is 16.5. The first-order valence-electron chi connectivity index (χ1n) is 9.30. The van der Waals surface area contributed by atoms with Crippen LogP contribution in [0.2, 0.25) is 0 Å². The molecule has 1 aliphatic heterocycles. The molecule has 0 saturated heterocycles. The van der Waals surface area contributed by atoms with Gasteiger partial charge in [-0.15, -0.1) is 0 Å². The van der Waals surface area contributed by atoms with Crippen LogP contribution in [0.4, 0.5) is 10.5 Å². The zero-order chi connectivity index (χ0) is 19.4. The number of fused-ring (bicyclic) bond motifs is 1. The largest absolute Gasteiger partial charge is 0.497 e. The number of benzene rings is 2. The molecule has 0 aliphatic carbocycles. The van der Waals surface area contributed by atoms with Crippen LogP contribution in [0.15, 0.2) is 48.5 Å². The van der Waals surface area contributed by atoms with Crippen molar-refractivity contribution in [3.05, 3.63) is 59.7 Å². The number of carbonyl (C=O) groups excluding carboxylic acids is 1. The van der Waals surface area contributed by atoms with Crippen LogP contribution in [-0.4, -0.2) is 36.3 Å². The molecule has 5 heteroatoms. The van der Waals surface area contributed by atoms with Gasteiger partial charge in [0.2, 0.25) is 0 Å². The van der Waals surface area contributed by atoms with E-state index in [-0.39, 0.29) is 12.1 Å². The van der Waals surface area contributed by atoms with Crippen molar-refractivity contribution < 1.29 is 14.3 Å². The fraction of sp³-hybridized carbons (Fsp3) is 0.409. The molecule has 0 spiro atoms. The van der Waals surface area contributed by atoms with Crippen LogP contribution in [0.3, 0.4) is 0 Å². The second-order valence-corrected chi connectivity index (χ2v) is 7.86. The number of hydrogen-bond donors (Lipinski definition) is 1. The van der Waals surface area contributed by atoms with Crippen molar-refractivity contribution >= 4 is 11.8 Å². The third-order valence-corrected chi connectivity index (χ3v) is 4.56. The minimum absolute atomic E-state index is 0.0284. The van der Waals surface area contributed by atoms with Gasteiger partial charge in [0.05, 0.1) is 19.7 Å². The number of hydrogen-bond acceptors (Lipinski definition) is 4. The zero-order valence-electron chi connectivity index (χ0n) is 16.5. The second-order valence-electron chi connectivity index (χ2n) is 7.86. The lowest BCUT2D eigenvalue weighted by Crippen LogP contribution is -2.45. The van der Waals surface area contributed by atoms with Gasteiger partial charge in [-0.05, 0) is 56.5 Å². The lowest BCUT2D eigenvalue weighted by atomic mass is 10.0. The molecule has 3 rings (SSSR count). The molecule has 5 nitrogen and oxygen atoms in total. The summed E-state index contributed by atoms with van der Waals surface area (Å²) in [6, 6.07) is 16.1. The summed E-state index contributed by atoms with van der Waals surface area (Å²) in [4.78, 5) is 14.8. The molecule has 1 unspecified atom stereocenters. The van der Waals surface area contributed by atoms with Crippen LogP contribution in [-0.2, 0) is 17.7 Å². The van der Waals surface area contributed by atoms with Crippen molar-refractivity contribution in [2.75, 3.05) is 19.0 Å². The maximum Gasteiger partial charge on any atom is 0.410 e. The lowest BCUT2D eigenvalue weighted by Gasteiger charge is -2.32. The highest BCUT2D eigenvalue weighted by atomic mass is 16.6. The first kappa shape index (κ1) is 19.1. The van der Waals surface area contributed by atoms with E-state index < -0.39 is 5.60 Å². The molecular weight excluding hydrogens is 340 g/mol. The van der Waals surface area contributed by atoms with Crippen molar-refractivity contribution in [2.45, 2.75) is 45.4 Å². The Kier molecular flexibility index (Phi) is 5.59. The summed E-state index contributed by atoms with van der Waals surface area (Å²) in [5.41, 5.74) is 2.76. The Balaban J connectivity index is 1.87. The maximum atomic E-state index is 13.0. The molecule has 1 heterocycles. The van der Waals surface area contributed by atoms with Crippen molar-refractivity contribution in [2.24, 2.45) is 0 Å². The number of carbonyl (C=O) groups is 1. The number of methoxy groups -OCH3 is 1. The standard InChI is InChI=1S/C22H28N2O3/c1-22(2,3)27-21(25)24-15-17-9-5-6-11-20(17)23-14-18(24)12-16-8-7-10-19(13-16)26-4/h5-11,13,18,23H,12,14-15H2,1-4H3. The topological polar surface area (TPSA) is 50.8 Å². The van der Waals surface area contributed by atoms with Crippen LogP contribution < -0.4 is 10.1 Å². The Labute approximate surface area is 161 Å². The van der Waals surface area contributed by atoms with E-state index in [2.05, 4.69) is 17.4 Å². The van der Waals surface area contributed by atoms with Gasteiger partial charge in [-0.2, -0.15) is 0 Å². The number of nitrogens with zero attached hydrogens (tertiary/aromatic N) is 1. The summed E-state index contributed by atoms with van der Waals surface area (Å²) in [5, 5.41) is 3.49. The average Bonchev–Trinajstić information content (AvgIpc) is 2.80. The third-order valence-electron chi connectivity index (χ3n) is 4.56. The molecule has 1 amide bonds. The Hall–Kier alpha value is -2.69. The van der Waals surface area contributed by atoms with Crippen LogP contribution in [0.1, 0.15) is 31.9 Å². The predicted molar refractivity (Wildman–Crippen MR) is 107 cm³/mol. The Morgan fingerprint density at radius 1 is 1.19 bits per heavy atom. The van der Waals surface area contributed by atoms with Gasteiger partial charge in [0.15, 0.2) is 0 Å². The minimum atomic E-state index is -0.531. The molecule has 0 radical (unpaired) electrons. The fourth-order valence-corrected chi connectivity index (χ4v) is 3.27. The Morgan fingerprint density at radius 2 is 1.96 bits per heavy atom. The average molecular weight is 368 g/mol. The molecule has 27 heavy (non-hydrogen) atoms. The second kappa shape index (κ2) is 7.91. The van der Waals surface area contributed by atoms with Gasteiger partial charge in [-0.3, -0.25) is 4.90 Å². The molecule has 1 atom stereocenters. The molecular formula is C22H28N2O3. The van der Waals surface area contributed by atoms with E-state index in [1.165, 1.54) is 0 Å². The van der Waals surface area contributed by atoms with Crippen LogP contribution >= 0.6 is 0 Å². The van der Waals surface area contributed by atoms with Gasteiger partial charge >= 0.3 is 6.09 Å². The molecule has 1 aliphatic rings. The summed E-state index contributed by atoms with van der Waals surface area (Å²) < 4.78 is 11.0. The molecule has 2 aromatic rings. The summed E-state index contributed by atoms with van der Waals surface area (Å²) in [6.07, 6.45) is 0.436. The van der Waals surface area contributed by atoms with Crippen molar-refractivity contribution in [1.29, 1.82) is 0 Å². The number of nitrogens with one attached hydrogen (secondary N) is 1. The van der Waals surface area contributed by atoms with Gasteiger partial charge in [-0.25, -0.2) is 4.79 Å². The summed E-state index contributed by atoms with van der Waals surface area (Å²) in [6.45, 7) is 6.87. The number of amides is 1. The van der Waals surface area contributed by atoms with E-state index in [0.717, 1.165) is 29.0 Å². The third kappa shape index (κ3) is 4.94. The van der Waals surface area contributed by atoms with Crippen LogP contribution in [0, 0.1) is 0 Å². The highest BCUT2D eigenvalue weighted by Crippen LogP contribution is 2.26. The number of rotatable bonds is 3. The molecule has 144 valence electrons. The summed E-state index contributed by atoms with van der Waals surface area (Å²) in [7, 11) is 1.66. The van der Waals surface area contributed by atoms with E-state index in [0.29, 0.717) is 13.1 Å². The SMILES string of the molecule is COc1cccc(CC2CNc3ccccc3CN2C(=O)OC(C)(C)C)c1. The number of anilines is 1. The summed E-state index contributed by atoms with van der Waals surface area (Å²) in [5.74, 6) is 0.821. The van der Waals surface area contributed by atoms with Gasteiger partial charge in [-0.1, -0.05) is 30.3 Å². The van der Waals surface area contributed by atoms with Crippen molar-refractivity contribution in [3.63, 3.8) is 0 Å². The molecule has 0 fully saturated rings. The molecule has 0 saturated carbocycles. The molecule has 0 bridgehead atoms. The number of para-hydroxylation sites is 1. The highest BCUT2D eigenvalue weighted by Gasteiger charge is 2.31. The highest BCUT2D eigenvalue weighted by molar-refractivity contribution is 5.70. The van der Waals surface area contributed by atoms with E-state index in [1.54, 1.807) is 7.11 Å². The minimum Gasteiger partial charge on any atom is -0.497 e. The maximum absolute atomic E-state index is 13.0. The monoisotopic (exact) mass is 368 g/mol. The predicted octanol–water partition coefficient (Wildman–Crippen LogP) is 4.47. The fourth-order valence-electron chi connectivity index (χ4n) is 3.27. The van der Waals surface area contributed by atoms with E-state index >= 15 is 0 Å². The normalized spacial score (nSPS) is 16.7. The van der Waals surface area contributed by atoms with Crippen LogP contribution in [0.5, 0.6) is 5.75 Å².